The van der Waals surface area contributed by atoms with Crippen molar-refractivity contribution in [2.45, 2.75) is 13.0 Å². The Bertz CT molecular complexity index is 613. The Balaban J connectivity index is 2.47. The van der Waals surface area contributed by atoms with Crippen LogP contribution in [0.15, 0.2) is 40.9 Å². The molecule has 4 heteroatoms. The maximum Gasteiger partial charge on any atom is 0.127 e. The molecule has 0 aliphatic carbocycles. The maximum atomic E-state index is 6.41. The first kappa shape index (κ1) is 14.9. The van der Waals surface area contributed by atoms with Crippen LogP contribution in [-0.4, -0.2) is 14.2 Å². The van der Waals surface area contributed by atoms with Crippen LogP contribution in [0, 0.1) is 6.92 Å². The molecule has 0 bridgehead atoms. The van der Waals surface area contributed by atoms with Crippen molar-refractivity contribution < 1.29 is 9.47 Å². The molecule has 2 rings (SSSR count). The zero-order chi connectivity index (χ0) is 14.7. The molecule has 0 saturated carbocycles. The van der Waals surface area contributed by atoms with E-state index < -0.39 is 0 Å². The summed E-state index contributed by atoms with van der Waals surface area (Å²) < 4.78 is 11.7. The van der Waals surface area contributed by atoms with Crippen LogP contribution in [0.5, 0.6) is 11.5 Å². The Labute approximate surface area is 127 Å². The fraction of sp³-hybridized carbons (Fsp3) is 0.250. The Hall–Kier alpha value is -1.52. The second-order valence-corrected chi connectivity index (χ2v) is 5.50. The van der Waals surface area contributed by atoms with Crippen LogP contribution in [0.3, 0.4) is 0 Å². The normalized spacial score (nSPS) is 12.1. The molecular weight excluding hydrogens is 318 g/mol. The summed E-state index contributed by atoms with van der Waals surface area (Å²) in [5.74, 6) is 1.49. The minimum atomic E-state index is -0.242. The lowest BCUT2D eigenvalue weighted by atomic mass is 9.95. The SMILES string of the molecule is COc1ccc(C(N)c2cc(Br)ccc2C)c(OC)c1. The lowest BCUT2D eigenvalue weighted by Gasteiger charge is -2.19. The third kappa shape index (κ3) is 2.97. The van der Waals surface area contributed by atoms with Gasteiger partial charge in [-0.15, -0.1) is 0 Å². The van der Waals surface area contributed by atoms with Gasteiger partial charge in [0.25, 0.3) is 0 Å². The minimum Gasteiger partial charge on any atom is -0.497 e. The van der Waals surface area contributed by atoms with E-state index in [0.717, 1.165) is 32.7 Å². The number of rotatable bonds is 4. The number of methoxy groups -OCH3 is 2. The van der Waals surface area contributed by atoms with Crippen LogP contribution in [0.4, 0.5) is 0 Å². The lowest BCUT2D eigenvalue weighted by molar-refractivity contribution is 0.390. The highest BCUT2D eigenvalue weighted by molar-refractivity contribution is 9.10. The molecule has 0 amide bonds. The molecule has 0 fully saturated rings. The fourth-order valence-electron chi connectivity index (χ4n) is 2.19. The lowest BCUT2D eigenvalue weighted by Crippen LogP contribution is -2.14. The number of halogens is 1. The van der Waals surface area contributed by atoms with E-state index in [2.05, 4.69) is 28.9 Å². The molecule has 2 aromatic carbocycles. The third-order valence-corrected chi connectivity index (χ3v) is 3.85. The molecule has 1 atom stereocenters. The average Bonchev–Trinajstić information content (AvgIpc) is 2.48. The quantitative estimate of drug-likeness (QED) is 0.923. The van der Waals surface area contributed by atoms with E-state index in [1.807, 2.05) is 30.3 Å². The van der Waals surface area contributed by atoms with Gasteiger partial charge in [0.2, 0.25) is 0 Å². The van der Waals surface area contributed by atoms with Gasteiger partial charge in [0.05, 0.1) is 20.3 Å². The molecule has 0 aliphatic heterocycles. The van der Waals surface area contributed by atoms with Gasteiger partial charge in [-0.3, -0.25) is 0 Å². The molecule has 2 N–H and O–H groups in total. The van der Waals surface area contributed by atoms with Crippen molar-refractivity contribution >= 4 is 15.9 Å². The van der Waals surface area contributed by atoms with Crippen LogP contribution in [-0.2, 0) is 0 Å². The van der Waals surface area contributed by atoms with Gasteiger partial charge in [0.15, 0.2) is 0 Å². The van der Waals surface area contributed by atoms with E-state index >= 15 is 0 Å². The maximum absolute atomic E-state index is 6.41. The summed E-state index contributed by atoms with van der Waals surface area (Å²) in [6.45, 7) is 2.05. The van der Waals surface area contributed by atoms with E-state index in [4.69, 9.17) is 15.2 Å². The predicted octanol–water partition coefficient (Wildman–Crippen LogP) is 3.82. The van der Waals surface area contributed by atoms with Crippen molar-refractivity contribution in [3.05, 3.63) is 57.6 Å². The molecule has 0 aromatic heterocycles. The molecule has 2 aromatic rings. The van der Waals surface area contributed by atoms with Crippen LogP contribution in [0.1, 0.15) is 22.7 Å². The summed E-state index contributed by atoms with van der Waals surface area (Å²) in [6, 6.07) is 11.6. The van der Waals surface area contributed by atoms with Crippen molar-refractivity contribution in [1.82, 2.24) is 0 Å². The zero-order valence-electron chi connectivity index (χ0n) is 11.8. The molecule has 0 spiro atoms. The van der Waals surface area contributed by atoms with E-state index in [1.54, 1.807) is 14.2 Å². The largest absolute Gasteiger partial charge is 0.497 e. The third-order valence-electron chi connectivity index (χ3n) is 3.35. The first-order chi connectivity index (χ1) is 9.56. The minimum absolute atomic E-state index is 0.242. The van der Waals surface area contributed by atoms with E-state index in [1.165, 1.54) is 0 Å². The second-order valence-electron chi connectivity index (χ2n) is 4.59. The van der Waals surface area contributed by atoms with Crippen molar-refractivity contribution in [2.75, 3.05) is 14.2 Å². The van der Waals surface area contributed by atoms with Gasteiger partial charge in [0.1, 0.15) is 11.5 Å². The average molecular weight is 336 g/mol. The molecular formula is C16H18BrNO2. The topological polar surface area (TPSA) is 44.5 Å². The van der Waals surface area contributed by atoms with E-state index in [9.17, 15) is 0 Å². The monoisotopic (exact) mass is 335 g/mol. The van der Waals surface area contributed by atoms with Gasteiger partial charge in [-0.05, 0) is 42.3 Å². The van der Waals surface area contributed by atoms with Gasteiger partial charge in [-0.2, -0.15) is 0 Å². The van der Waals surface area contributed by atoms with Gasteiger partial charge in [-0.1, -0.05) is 22.0 Å². The van der Waals surface area contributed by atoms with Crippen LogP contribution >= 0.6 is 15.9 Å². The smallest absolute Gasteiger partial charge is 0.127 e. The fourth-order valence-corrected chi connectivity index (χ4v) is 2.57. The van der Waals surface area contributed by atoms with Crippen molar-refractivity contribution in [3.8, 4) is 11.5 Å². The van der Waals surface area contributed by atoms with E-state index in [-0.39, 0.29) is 6.04 Å². The number of nitrogens with two attached hydrogens (primary N) is 1. The van der Waals surface area contributed by atoms with Crippen molar-refractivity contribution in [2.24, 2.45) is 5.73 Å². The predicted molar refractivity (Wildman–Crippen MR) is 84.5 cm³/mol. The number of hydrogen-bond acceptors (Lipinski definition) is 3. The molecule has 3 nitrogen and oxygen atoms in total. The summed E-state index contributed by atoms with van der Waals surface area (Å²) >= 11 is 3.49. The first-order valence-electron chi connectivity index (χ1n) is 6.30. The summed E-state index contributed by atoms with van der Waals surface area (Å²) in [5, 5.41) is 0. The number of aryl methyl sites for hydroxylation is 1. The zero-order valence-corrected chi connectivity index (χ0v) is 13.4. The van der Waals surface area contributed by atoms with Gasteiger partial charge < -0.3 is 15.2 Å². The summed E-state index contributed by atoms with van der Waals surface area (Å²) in [6.07, 6.45) is 0. The Morgan fingerprint density at radius 1 is 1.00 bits per heavy atom. The van der Waals surface area contributed by atoms with Crippen LogP contribution < -0.4 is 15.2 Å². The van der Waals surface area contributed by atoms with Gasteiger partial charge in [-0.25, -0.2) is 0 Å². The molecule has 0 heterocycles. The molecule has 0 aliphatic rings. The second kappa shape index (κ2) is 6.29. The Morgan fingerprint density at radius 3 is 2.40 bits per heavy atom. The molecule has 20 heavy (non-hydrogen) atoms. The number of benzene rings is 2. The summed E-state index contributed by atoms with van der Waals surface area (Å²) in [5.41, 5.74) is 9.58. The molecule has 1 unspecified atom stereocenters. The highest BCUT2D eigenvalue weighted by Gasteiger charge is 2.17. The van der Waals surface area contributed by atoms with Crippen LogP contribution in [0.25, 0.3) is 0 Å². The molecule has 0 saturated heterocycles. The van der Waals surface area contributed by atoms with Crippen molar-refractivity contribution in [3.63, 3.8) is 0 Å². The highest BCUT2D eigenvalue weighted by Crippen LogP contribution is 2.33. The number of hydrogen-bond donors (Lipinski definition) is 1. The summed E-state index contributed by atoms with van der Waals surface area (Å²) in [7, 11) is 3.27. The van der Waals surface area contributed by atoms with Gasteiger partial charge >= 0.3 is 0 Å². The molecule has 106 valence electrons. The summed E-state index contributed by atoms with van der Waals surface area (Å²) in [4.78, 5) is 0. The highest BCUT2D eigenvalue weighted by atomic mass is 79.9. The Morgan fingerprint density at radius 2 is 1.75 bits per heavy atom. The van der Waals surface area contributed by atoms with Crippen molar-refractivity contribution in [1.29, 1.82) is 0 Å². The molecule has 0 radical (unpaired) electrons. The number of ether oxygens (including phenoxy) is 2. The standard InChI is InChI=1S/C16H18BrNO2/c1-10-4-5-11(17)8-14(10)16(18)13-7-6-12(19-2)9-15(13)20-3/h4-9,16H,18H2,1-3H3. The van der Waals surface area contributed by atoms with Crippen LogP contribution in [0.2, 0.25) is 0 Å². The van der Waals surface area contributed by atoms with E-state index in [0.29, 0.717) is 0 Å². The first-order valence-corrected chi connectivity index (χ1v) is 7.09. The van der Waals surface area contributed by atoms with Gasteiger partial charge in [0, 0.05) is 16.1 Å². The Kier molecular flexibility index (Phi) is 4.68.